The Morgan fingerprint density at radius 1 is 1.00 bits per heavy atom. The van der Waals surface area contributed by atoms with Crippen LogP contribution in [0.5, 0.6) is 0 Å². The van der Waals surface area contributed by atoms with Crippen molar-refractivity contribution in [1.82, 2.24) is 4.90 Å². The van der Waals surface area contributed by atoms with Gasteiger partial charge in [0.15, 0.2) is 0 Å². The van der Waals surface area contributed by atoms with Crippen molar-refractivity contribution in [3.05, 3.63) is 64.7 Å². The fraction of sp³-hybridized carbons (Fsp3) is 0.391. The van der Waals surface area contributed by atoms with Crippen LogP contribution in [0.4, 0.5) is 5.69 Å². The van der Waals surface area contributed by atoms with Crippen LogP contribution in [-0.4, -0.2) is 48.1 Å². The maximum absolute atomic E-state index is 12.5. The van der Waals surface area contributed by atoms with Crippen LogP contribution in [0.15, 0.2) is 48.5 Å². The maximum Gasteiger partial charge on any atom is 0.314 e. The highest BCUT2D eigenvalue weighted by Crippen LogP contribution is 2.36. The molecule has 0 bridgehead atoms. The summed E-state index contributed by atoms with van der Waals surface area (Å²) in [4.78, 5) is 28.8. The van der Waals surface area contributed by atoms with Gasteiger partial charge in [-0.15, -0.1) is 0 Å². The number of amides is 1. The van der Waals surface area contributed by atoms with Gasteiger partial charge in [0.05, 0.1) is 5.41 Å². The molecule has 0 radical (unpaired) electrons. The van der Waals surface area contributed by atoms with Crippen molar-refractivity contribution in [2.45, 2.75) is 31.1 Å². The van der Waals surface area contributed by atoms with E-state index in [0.29, 0.717) is 43.9 Å². The molecule has 1 saturated heterocycles. The summed E-state index contributed by atoms with van der Waals surface area (Å²) in [6.45, 7) is 2.77. The molecule has 29 heavy (non-hydrogen) atoms. The minimum Gasteiger partial charge on any atom is -0.481 e. The van der Waals surface area contributed by atoms with Crippen molar-refractivity contribution < 1.29 is 14.7 Å². The van der Waals surface area contributed by atoms with Gasteiger partial charge in [-0.25, -0.2) is 0 Å². The van der Waals surface area contributed by atoms with Crippen LogP contribution in [0.1, 0.15) is 30.4 Å². The molecule has 6 heteroatoms. The molecule has 0 saturated carbocycles. The molecule has 0 spiro atoms. The molecule has 1 N–H and O–H groups in total. The summed E-state index contributed by atoms with van der Waals surface area (Å²) in [6.07, 6.45) is 2.45. The Balaban J connectivity index is 1.42. The van der Waals surface area contributed by atoms with E-state index in [-0.39, 0.29) is 5.91 Å². The molecule has 2 aliphatic rings. The summed E-state index contributed by atoms with van der Waals surface area (Å²) in [5.74, 6) is -0.610. The van der Waals surface area contributed by atoms with E-state index >= 15 is 0 Å². The lowest BCUT2D eigenvalue weighted by molar-refractivity contribution is -0.146. The lowest BCUT2D eigenvalue weighted by Crippen LogP contribution is -2.49. The number of rotatable bonds is 5. The third-order valence-electron chi connectivity index (χ3n) is 6.35. The summed E-state index contributed by atoms with van der Waals surface area (Å²) in [5.41, 5.74) is 2.18. The zero-order chi connectivity index (χ0) is 20.4. The Hall–Kier alpha value is -2.37. The molecule has 0 aliphatic carbocycles. The Bertz CT molecular complexity index is 905. The topological polar surface area (TPSA) is 60.9 Å². The number of piperidine rings is 1. The summed E-state index contributed by atoms with van der Waals surface area (Å²) < 4.78 is 0. The van der Waals surface area contributed by atoms with Gasteiger partial charge >= 0.3 is 5.97 Å². The number of carboxylic acid groups (broad SMARTS) is 1. The van der Waals surface area contributed by atoms with E-state index in [4.69, 9.17) is 11.6 Å². The van der Waals surface area contributed by atoms with E-state index in [0.717, 1.165) is 24.2 Å². The lowest BCUT2D eigenvalue weighted by Gasteiger charge is -2.40. The molecule has 4 rings (SSSR count). The highest BCUT2D eigenvalue weighted by atomic mass is 35.5. The largest absolute Gasteiger partial charge is 0.481 e. The number of carbonyl (C=O) groups excluding carboxylic acids is 1. The van der Waals surface area contributed by atoms with Crippen LogP contribution in [-0.2, 0) is 21.4 Å². The quantitative estimate of drug-likeness (QED) is 0.812. The Kier molecular flexibility index (Phi) is 5.61. The monoisotopic (exact) mass is 412 g/mol. The van der Waals surface area contributed by atoms with Crippen LogP contribution in [0.2, 0.25) is 5.02 Å². The van der Waals surface area contributed by atoms with Crippen LogP contribution >= 0.6 is 11.6 Å². The lowest BCUT2D eigenvalue weighted by atomic mass is 9.73. The molecule has 0 unspecified atom stereocenters. The minimum absolute atomic E-state index is 0.168. The van der Waals surface area contributed by atoms with Crippen molar-refractivity contribution in [2.75, 3.05) is 31.1 Å². The fourth-order valence-electron chi connectivity index (χ4n) is 4.54. The molecule has 152 valence electrons. The molecule has 1 fully saturated rings. The molecule has 1 amide bonds. The molecular weight excluding hydrogens is 388 g/mol. The second-order valence-electron chi connectivity index (χ2n) is 7.91. The van der Waals surface area contributed by atoms with E-state index in [2.05, 4.69) is 11.0 Å². The summed E-state index contributed by atoms with van der Waals surface area (Å²) in [6, 6.07) is 15.3. The molecule has 2 aromatic rings. The number of likely N-dealkylation sites (tertiary alicyclic amines) is 1. The number of carboxylic acids is 1. The highest BCUT2D eigenvalue weighted by molar-refractivity contribution is 6.30. The summed E-state index contributed by atoms with van der Waals surface area (Å²) in [7, 11) is 0. The smallest absolute Gasteiger partial charge is 0.314 e. The Morgan fingerprint density at radius 3 is 2.38 bits per heavy atom. The number of hydrogen-bond donors (Lipinski definition) is 1. The average molecular weight is 413 g/mol. The predicted octanol–water partition coefficient (Wildman–Crippen LogP) is 3.74. The molecule has 2 aliphatic heterocycles. The minimum atomic E-state index is -0.866. The van der Waals surface area contributed by atoms with Crippen LogP contribution in [0.25, 0.3) is 0 Å². The van der Waals surface area contributed by atoms with Gasteiger partial charge in [-0.1, -0.05) is 41.9 Å². The summed E-state index contributed by atoms with van der Waals surface area (Å²) in [5, 5.41) is 10.6. The first kappa shape index (κ1) is 19.9. The Labute approximate surface area is 175 Å². The van der Waals surface area contributed by atoms with Crippen molar-refractivity contribution in [3.63, 3.8) is 0 Å². The van der Waals surface area contributed by atoms with Crippen molar-refractivity contribution in [2.24, 2.45) is 0 Å². The predicted molar refractivity (Wildman–Crippen MR) is 114 cm³/mol. The first-order chi connectivity index (χ1) is 14.0. The third kappa shape index (κ3) is 3.89. The Morgan fingerprint density at radius 2 is 1.69 bits per heavy atom. The number of halogens is 1. The number of fused-ring (bicyclic) bond motifs is 1. The number of nitrogens with zero attached hydrogens (tertiary/aromatic N) is 2. The van der Waals surface area contributed by atoms with Gasteiger partial charge in [-0.3, -0.25) is 9.59 Å². The highest BCUT2D eigenvalue weighted by Gasteiger charge is 2.43. The number of carbonyl (C=O) groups is 2. The van der Waals surface area contributed by atoms with Gasteiger partial charge in [0.1, 0.15) is 0 Å². The second kappa shape index (κ2) is 8.17. The van der Waals surface area contributed by atoms with Gasteiger partial charge in [-0.2, -0.15) is 0 Å². The standard InChI is InChI=1S/C23H25ClN2O3/c24-19-8-6-18(7-9-19)23(22(28)29)11-13-25(14-12-23)15-16-26-20-4-2-1-3-17(20)5-10-21(26)27/h1-4,6-9H,5,10-16H2,(H,28,29). The average Bonchev–Trinajstić information content (AvgIpc) is 2.74. The van der Waals surface area contributed by atoms with Crippen molar-refractivity contribution >= 4 is 29.2 Å². The zero-order valence-electron chi connectivity index (χ0n) is 16.3. The molecule has 0 aromatic heterocycles. The second-order valence-corrected chi connectivity index (χ2v) is 8.35. The zero-order valence-corrected chi connectivity index (χ0v) is 17.1. The fourth-order valence-corrected chi connectivity index (χ4v) is 4.66. The van der Waals surface area contributed by atoms with E-state index < -0.39 is 11.4 Å². The normalized spacial score (nSPS) is 19.1. The maximum atomic E-state index is 12.5. The van der Waals surface area contributed by atoms with E-state index in [9.17, 15) is 14.7 Å². The first-order valence-electron chi connectivity index (χ1n) is 10.1. The molecule has 5 nitrogen and oxygen atoms in total. The van der Waals surface area contributed by atoms with E-state index in [1.165, 1.54) is 5.56 Å². The molecule has 0 atom stereocenters. The number of aliphatic carboxylic acids is 1. The van der Waals surface area contributed by atoms with E-state index in [1.807, 2.05) is 35.2 Å². The van der Waals surface area contributed by atoms with Crippen molar-refractivity contribution in [3.8, 4) is 0 Å². The van der Waals surface area contributed by atoms with Gasteiger partial charge in [-0.05, 0) is 61.7 Å². The first-order valence-corrected chi connectivity index (χ1v) is 10.5. The number of benzene rings is 2. The van der Waals surface area contributed by atoms with E-state index in [1.54, 1.807) is 12.1 Å². The molecular formula is C23H25ClN2O3. The summed E-state index contributed by atoms with van der Waals surface area (Å²) >= 11 is 5.97. The third-order valence-corrected chi connectivity index (χ3v) is 6.60. The van der Waals surface area contributed by atoms with Gasteiger partial charge in [0, 0.05) is 30.2 Å². The number of para-hydroxylation sites is 1. The van der Waals surface area contributed by atoms with Crippen LogP contribution < -0.4 is 4.90 Å². The molecule has 2 heterocycles. The number of anilines is 1. The SMILES string of the molecule is O=C1CCc2ccccc2N1CCN1CCC(C(=O)O)(c2ccc(Cl)cc2)CC1. The van der Waals surface area contributed by atoms with Gasteiger partial charge < -0.3 is 14.9 Å². The number of aryl methyl sites for hydroxylation is 1. The molecule has 2 aromatic carbocycles. The van der Waals surface area contributed by atoms with Crippen LogP contribution in [0.3, 0.4) is 0 Å². The van der Waals surface area contributed by atoms with Crippen molar-refractivity contribution in [1.29, 1.82) is 0 Å². The van der Waals surface area contributed by atoms with Gasteiger partial charge in [0.2, 0.25) is 5.91 Å². The van der Waals surface area contributed by atoms with Crippen LogP contribution in [0, 0.1) is 0 Å². The van der Waals surface area contributed by atoms with Gasteiger partial charge in [0.25, 0.3) is 0 Å². The number of hydrogen-bond acceptors (Lipinski definition) is 3.